The van der Waals surface area contributed by atoms with E-state index in [-0.39, 0.29) is 50.9 Å². The third-order valence-electron chi connectivity index (χ3n) is 7.36. The number of phenols is 4. The molecular formula is C35H32O8. The number of aromatic hydroxyl groups is 4. The van der Waals surface area contributed by atoms with Crippen LogP contribution in [0.2, 0.25) is 0 Å². The van der Waals surface area contributed by atoms with Gasteiger partial charge in [-0.25, -0.2) is 0 Å². The van der Waals surface area contributed by atoms with E-state index in [2.05, 4.69) is 0 Å². The molecule has 0 fully saturated rings. The second-order valence-electron chi connectivity index (χ2n) is 10.3. The van der Waals surface area contributed by atoms with E-state index >= 15 is 0 Å². The fraction of sp³-hybridized carbons (Fsp3) is 0.171. The molecular weight excluding hydrogens is 548 g/mol. The Labute approximate surface area is 248 Å². The van der Waals surface area contributed by atoms with Crippen LogP contribution in [-0.2, 0) is 6.42 Å². The van der Waals surface area contributed by atoms with Crippen LogP contribution in [0.25, 0.3) is 22.3 Å². The highest BCUT2D eigenvalue weighted by molar-refractivity contribution is 5.90. The van der Waals surface area contributed by atoms with Gasteiger partial charge in [0, 0.05) is 29.2 Å². The van der Waals surface area contributed by atoms with Crippen molar-refractivity contribution >= 4 is 11.0 Å². The summed E-state index contributed by atoms with van der Waals surface area (Å²) in [5.74, 6) is -0.0732. The molecule has 4 aromatic carbocycles. The molecule has 0 saturated carbocycles. The monoisotopic (exact) mass is 580 g/mol. The van der Waals surface area contributed by atoms with E-state index in [9.17, 15) is 30.3 Å². The zero-order chi connectivity index (χ0) is 30.5. The highest BCUT2D eigenvalue weighted by Crippen LogP contribution is 2.42. The SMILES string of the molecule is COc1cc(O)c(C(/C=C/C[C@@H](O)CCc2ccc(O)cc2)c2ccc(O)cc2)c2oc(-c3ccc(O)cc3)cc(=O)c12. The second-order valence-corrected chi connectivity index (χ2v) is 10.3. The maximum absolute atomic E-state index is 13.4. The zero-order valence-corrected chi connectivity index (χ0v) is 23.5. The van der Waals surface area contributed by atoms with E-state index in [4.69, 9.17) is 9.15 Å². The minimum atomic E-state index is -0.647. The molecule has 0 aliphatic heterocycles. The molecule has 1 unspecified atom stereocenters. The van der Waals surface area contributed by atoms with Crippen molar-refractivity contribution in [2.24, 2.45) is 0 Å². The lowest BCUT2D eigenvalue weighted by Crippen LogP contribution is -2.08. The molecule has 1 heterocycles. The van der Waals surface area contributed by atoms with E-state index in [1.807, 2.05) is 24.3 Å². The lowest BCUT2D eigenvalue weighted by molar-refractivity contribution is 0.168. The normalized spacial score (nSPS) is 12.9. The summed E-state index contributed by atoms with van der Waals surface area (Å²) < 4.78 is 11.7. The van der Waals surface area contributed by atoms with Gasteiger partial charge in [0.05, 0.1) is 13.2 Å². The summed E-state index contributed by atoms with van der Waals surface area (Å²) in [7, 11) is 1.40. The number of ether oxygens (including phenoxy) is 1. The first-order valence-corrected chi connectivity index (χ1v) is 13.8. The van der Waals surface area contributed by atoms with E-state index < -0.39 is 12.0 Å². The minimum absolute atomic E-state index is 0.0645. The number of methoxy groups -OCH3 is 1. The van der Waals surface area contributed by atoms with Crippen molar-refractivity contribution in [2.75, 3.05) is 7.11 Å². The summed E-state index contributed by atoms with van der Waals surface area (Å²) >= 11 is 0. The smallest absolute Gasteiger partial charge is 0.197 e. The van der Waals surface area contributed by atoms with Crippen LogP contribution in [0.3, 0.4) is 0 Å². The Morgan fingerprint density at radius 2 is 1.44 bits per heavy atom. The van der Waals surface area contributed by atoms with Crippen molar-refractivity contribution < 1.29 is 34.7 Å². The minimum Gasteiger partial charge on any atom is -0.508 e. The summed E-state index contributed by atoms with van der Waals surface area (Å²) in [5, 5.41) is 51.3. The number of hydrogen-bond acceptors (Lipinski definition) is 8. The van der Waals surface area contributed by atoms with Crippen molar-refractivity contribution in [3.8, 4) is 40.1 Å². The zero-order valence-electron chi connectivity index (χ0n) is 23.5. The number of phenolic OH excluding ortho intramolecular Hbond substituents is 4. The summed E-state index contributed by atoms with van der Waals surface area (Å²) in [6.07, 6.45) is 4.45. The largest absolute Gasteiger partial charge is 0.508 e. The van der Waals surface area contributed by atoms with Crippen LogP contribution in [0.1, 0.15) is 35.4 Å². The van der Waals surface area contributed by atoms with Crippen LogP contribution in [0.15, 0.2) is 106 Å². The maximum atomic E-state index is 13.4. The van der Waals surface area contributed by atoms with Crippen molar-refractivity contribution in [3.05, 3.63) is 124 Å². The summed E-state index contributed by atoms with van der Waals surface area (Å²) in [5.41, 5.74) is 2.32. The molecule has 0 saturated heterocycles. The number of aryl methyl sites for hydroxylation is 1. The number of aliphatic hydroxyl groups excluding tert-OH is 1. The van der Waals surface area contributed by atoms with E-state index in [1.54, 1.807) is 36.4 Å². The number of rotatable bonds is 10. The third kappa shape index (κ3) is 6.66. The van der Waals surface area contributed by atoms with Gasteiger partial charge in [0.2, 0.25) is 0 Å². The summed E-state index contributed by atoms with van der Waals surface area (Å²) in [6, 6.07) is 22.3. The van der Waals surface area contributed by atoms with Gasteiger partial charge in [-0.3, -0.25) is 4.79 Å². The molecule has 0 spiro atoms. The standard InChI is InChI=1S/C35H32O8/c1-42-32-20-29(40)33(35-34(32)30(41)19-31(43-35)23-10-17-27(39)18-11-23)28(22-8-15-26(38)16-9-22)4-2-3-24(36)12-5-21-6-13-25(37)14-7-21/h2,4,6-11,13-20,24,28,36-40H,3,5,12H2,1H3/b4-2+/t24-,28?/m1/s1. The molecule has 0 amide bonds. The summed E-state index contributed by atoms with van der Waals surface area (Å²) in [6.45, 7) is 0. The van der Waals surface area contributed by atoms with Gasteiger partial charge in [0.15, 0.2) is 5.43 Å². The number of aliphatic hydroxyl groups is 1. The van der Waals surface area contributed by atoms with Crippen LogP contribution in [-0.4, -0.2) is 38.7 Å². The molecule has 0 aliphatic carbocycles. The number of allylic oxidation sites excluding steroid dienone is 1. The molecule has 5 aromatic rings. The number of benzene rings is 4. The van der Waals surface area contributed by atoms with Crippen molar-refractivity contribution in [1.29, 1.82) is 0 Å². The molecule has 5 N–H and O–H groups in total. The van der Waals surface area contributed by atoms with Gasteiger partial charge in [-0.05, 0) is 78.9 Å². The van der Waals surface area contributed by atoms with E-state index in [1.165, 1.54) is 43.5 Å². The fourth-order valence-electron chi connectivity index (χ4n) is 5.08. The molecule has 5 rings (SSSR count). The Bertz CT molecular complexity index is 1790. The van der Waals surface area contributed by atoms with Gasteiger partial charge in [-0.1, -0.05) is 36.4 Å². The third-order valence-corrected chi connectivity index (χ3v) is 7.36. The van der Waals surface area contributed by atoms with Crippen LogP contribution >= 0.6 is 0 Å². The molecule has 0 bridgehead atoms. The molecule has 0 radical (unpaired) electrons. The lowest BCUT2D eigenvalue weighted by Gasteiger charge is -2.19. The number of hydrogen-bond donors (Lipinski definition) is 5. The van der Waals surface area contributed by atoms with Crippen LogP contribution in [0.4, 0.5) is 0 Å². The average molecular weight is 581 g/mol. The van der Waals surface area contributed by atoms with Gasteiger partial charge in [0.1, 0.15) is 45.5 Å². The second kappa shape index (κ2) is 12.8. The van der Waals surface area contributed by atoms with Crippen molar-refractivity contribution in [2.45, 2.75) is 31.3 Å². The fourth-order valence-corrected chi connectivity index (χ4v) is 5.08. The first kappa shape index (κ1) is 29.3. The predicted molar refractivity (Wildman–Crippen MR) is 164 cm³/mol. The van der Waals surface area contributed by atoms with Crippen molar-refractivity contribution in [1.82, 2.24) is 0 Å². The van der Waals surface area contributed by atoms with Crippen LogP contribution in [0, 0.1) is 0 Å². The molecule has 43 heavy (non-hydrogen) atoms. The first-order valence-electron chi connectivity index (χ1n) is 13.8. The van der Waals surface area contributed by atoms with Gasteiger partial charge in [-0.15, -0.1) is 0 Å². The lowest BCUT2D eigenvalue weighted by atomic mass is 9.88. The van der Waals surface area contributed by atoms with E-state index in [0.717, 1.165) is 5.56 Å². The molecule has 1 aromatic heterocycles. The molecule has 8 heteroatoms. The van der Waals surface area contributed by atoms with Gasteiger partial charge in [0.25, 0.3) is 0 Å². The molecule has 8 nitrogen and oxygen atoms in total. The summed E-state index contributed by atoms with van der Waals surface area (Å²) in [4.78, 5) is 13.4. The van der Waals surface area contributed by atoms with E-state index in [0.29, 0.717) is 36.0 Å². The highest BCUT2D eigenvalue weighted by atomic mass is 16.5. The molecule has 0 aliphatic rings. The van der Waals surface area contributed by atoms with Gasteiger partial charge >= 0.3 is 0 Å². The van der Waals surface area contributed by atoms with Gasteiger partial charge in [-0.2, -0.15) is 0 Å². The average Bonchev–Trinajstić information content (AvgIpc) is 3.00. The molecule has 2 atom stereocenters. The Balaban J connectivity index is 1.56. The first-order chi connectivity index (χ1) is 20.7. The Kier molecular flexibility index (Phi) is 8.69. The van der Waals surface area contributed by atoms with Crippen LogP contribution < -0.4 is 10.2 Å². The topological polar surface area (TPSA) is 141 Å². The maximum Gasteiger partial charge on any atom is 0.197 e. The number of fused-ring (bicyclic) bond motifs is 1. The predicted octanol–water partition coefficient (Wildman–Crippen LogP) is 6.36. The van der Waals surface area contributed by atoms with Crippen molar-refractivity contribution in [3.63, 3.8) is 0 Å². The van der Waals surface area contributed by atoms with Gasteiger partial charge < -0.3 is 34.7 Å². The highest BCUT2D eigenvalue weighted by Gasteiger charge is 2.25. The van der Waals surface area contributed by atoms with Crippen LogP contribution in [0.5, 0.6) is 28.7 Å². The quantitative estimate of drug-likeness (QED) is 0.120. The Hall–Kier alpha value is -5.21. The Morgan fingerprint density at radius 1 is 0.837 bits per heavy atom. The molecule has 220 valence electrons. The Morgan fingerprint density at radius 3 is 2.07 bits per heavy atom.